The summed E-state index contributed by atoms with van der Waals surface area (Å²) in [5, 5.41) is 0. The Balaban J connectivity index is 1.49. The number of halogens is 2. The molecule has 1 aliphatic rings. The number of sulfonamides is 1. The van der Waals surface area contributed by atoms with Crippen LogP contribution in [0.4, 0.5) is 4.39 Å². The number of nitrogens with one attached hydrogen (secondary N) is 1. The van der Waals surface area contributed by atoms with Gasteiger partial charge in [0.2, 0.25) is 0 Å². The van der Waals surface area contributed by atoms with Gasteiger partial charge in [0, 0.05) is 0 Å². The molecule has 0 spiro atoms. The number of nitrogens with zero attached hydrogens (tertiary/aromatic N) is 2. The first-order chi connectivity index (χ1) is 19.4. The molecule has 1 aliphatic carbocycles. The van der Waals surface area contributed by atoms with Crippen molar-refractivity contribution in [3.8, 4) is 0 Å². The molecule has 0 fully saturated rings. The van der Waals surface area contributed by atoms with Gasteiger partial charge in [-0.2, -0.15) is 0 Å². The summed E-state index contributed by atoms with van der Waals surface area (Å²) in [6, 6.07) is 20.8. The van der Waals surface area contributed by atoms with Gasteiger partial charge in [0.15, 0.2) is 0 Å². The number of carbonyl (C=O) groups is 1. The van der Waals surface area contributed by atoms with Crippen LogP contribution in [0.15, 0.2) is 90.1 Å². The van der Waals surface area contributed by atoms with Crippen LogP contribution in [0.5, 0.6) is 0 Å². The number of hydrogen-bond acceptors (Lipinski definition) is 4. The van der Waals surface area contributed by atoms with Crippen molar-refractivity contribution in [2.45, 2.75) is 60.3 Å². The summed E-state index contributed by atoms with van der Waals surface area (Å²) in [6.07, 6.45) is 4.65. The van der Waals surface area contributed by atoms with Crippen LogP contribution in [0.2, 0.25) is 0 Å². The zero-order valence-electron chi connectivity index (χ0n) is 23.6. The summed E-state index contributed by atoms with van der Waals surface area (Å²) in [5.74, 6) is 0.360. The summed E-state index contributed by atoms with van der Waals surface area (Å²) >= 11 is -2.49. The van der Waals surface area contributed by atoms with Crippen molar-refractivity contribution >= 4 is 33.6 Å². The molecule has 6 nitrogen and oxygen atoms in total. The Bertz CT molecular complexity index is 1670. The number of carbonyl (C=O) groups excluding carboxylic acids is 1. The van der Waals surface area contributed by atoms with E-state index in [9.17, 15) is 17.6 Å². The van der Waals surface area contributed by atoms with E-state index in [1.54, 1.807) is 6.20 Å². The van der Waals surface area contributed by atoms with E-state index in [0.29, 0.717) is 17.3 Å². The van der Waals surface area contributed by atoms with Crippen molar-refractivity contribution in [2.24, 2.45) is 7.05 Å². The summed E-state index contributed by atoms with van der Waals surface area (Å²) in [4.78, 5) is 18.4. The predicted molar refractivity (Wildman–Crippen MR) is 168 cm³/mol. The third-order valence-electron chi connectivity index (χ3n) is 7.76. The fourth-order valence-corrected chi connectivity index (χ4v) is 12.2. The van der Waals surface area contributed by atoms with Gasteiger partial charge < -0.3 is 0 Å². The predicted octanol–water partition coefficient (Wildman–Crippen LogP) is 6.86. The van der Waals surface area contributed by atoms with Gasteiger partial charge in [0.1, 0.15) is 0 Å². The summed E-state index contributed by atoms with van der Waals surface area (Å²) in [7, 11) is -2.02. The Morgan fingerprint density at radius 1 is 1.12 bits per heavy atom. The average Bonchev–Trinajstić information content (AvgIpc) is 3.45. The average molecular weight is 688 g/mol. The van der Waals surface area contributed by atoms with Crippen molar-refractivity contribution in [1.82, 2.24) is 14.3 Å². The van der Waals surface area contributed by atoms with E-state index in [1.165, 1.54) is 18.2 Å². The molecule has 1 heterocycles. The molecule has 0 saturated heterocycles. The van der Waals surface area contributed by atoms with Gasteiger partial charge in [-0.3, -0.25) is 0 Å². The number of hydrogen-bond donors (Lipinski definition) is 1. The van der Waals surface area contributed by atoms with Crippen molar-refractivity contribution in [3.63, 3.8) is 0 Å². The first kappa shape index (κ1) is 29.6. The quantitative estimate of drug-likeness (QED) is 0.112. The van der Waals surface area contributed by atoms with Crippen LogP contribution in [0.3, 0.4) is 0 Å². The number of aryl methyl sites for hydroxylation is 1. The molecule has 9 heteroatoms. The van der Waals surface area contributed by atoms with E-state index in [-0.39, 0.29) is 20.0 Å². The van der Waals surface area contributed by atoms with Crippen molar-refractivity contribution in [1.29, 1.82) is 0 Å². The van der Waals surface area contributed by atoms with E-state index < -0.39 is 41.7 Å². The molecule has 0 bridgehead atoms. The molecule has 0 radical (unpaired) electrons. The standard InChI is InChI=1S/C32H35FIN3O3S/c1-22(23-9-6-5-7-10-23)17-30(38)34(21-31-35-15-16-37(31)4)25-13-14-28-27(19-25)29(20-32(28,2)3)36-41(39,40)26-12-8-11-24(33)18-26/h5-16,18-19,22,29,36H,17,20-21H2,1-4H3/t22-,29-/m0/s1. The molecule has 1 N–H and O–H groups in total. The maximum atomic E-state index is 14.0. The number of benzene rings is 3. The summed E-state index contributed by atoms with van der Waals surface area (Å²) in [6.45, 7) is 6.28. The fraction of sp³-hybridized carbons (Fsp3) is 0.312. The molecule has 216 valence electrons. The third kappa shape index (κ3) is 6.47. The molecule has 1 aromatic heterocycles. The number of fused-ring (bicyclic) bond motifs is 1. The van der Waals surface area contributed by atoms with E-state index in [0.717, 1.165) is 32.2 Å². The third-order valence-corrected chi connectivity index (χ3v) is 14.7. The second kappa shape index (κ2) is 11.8. The first-order valence-electron chi connectivity index (χ1n) is 13.6. The number of rotatable bonds is 10. The van der Waals surface area contributed by atoms with Gasteiger partial charge in [-0.15, -0.1) is 0 Å². The van der Waals surface area contributed by atoms with Crippen LogP contribution >= 0.6 is 19.8 Å². The number of imidazole rings is 1. The van der Waals surface area contributed by atoms with Crippen LogP contribution < -0.4 is 4.72 Å². The number of aromatic nitrogens is 2. The van der Waals surface area contributed by atoms with Crippen molar-refractivity contribution in [2.75, 3.05) is 0 Å². The molecular formula is C32H35FIN3O3S. The van der Waals surface area contributed by atoms with Gasteiger partial charge in [0.05, 0.1) is 0 Å². The second-order valence-corrected chi connectivity index (χ2v) is 18.3. The van der Waals surface area contributed by atoms with E-state index in [4.69, 9.17) is 0 Å². The van der Waals surface area contributed by atoms with Gasteiger partial charge in [-0.05, 0) is 0 Å². The molecule has 0 aliphatic heterocycles. The van der Waals surface area contributed by atoms with Crippen molar-refractivity contribution in [3.05, 3.63) is 117 Å². The van der Waals surface area contributed by atoms with Gasteiger partial charge >= 0.3 is 250 Å². The molecule has 2 atom stereocenters. The van der Waals surface area contributed by atoms with Crippen LogP contribution in [0.1, 0.15) is 68.1 Å². The van der Waals surface area contributed by atoms with Crippen molar-refractivity contribution < 1.29 is 17.6 Å². The van der Waals surface area contributed by atoms with Gasteiger partial charge in [-0.1, -0.05) is 0 Å². The normalized spacial score (nSPS) is 17.2. The Kier molecular flexibility index (Phi) is 8.50. The zero-order chi connectivity index (χ0) is 29.4. The topological polar surface area (TPSA) is 81.1 Å². The van der Waals surface area contributed by atoms with E-state index in [1.807, 2.05) is 36.0 Å². The SMILES string of the molecule is C[C@@H](CC(=O)I(Cc1nccn1C)c1ccc2c(c1)[C@@H](NS(=O)(=O)c1cccc(F)c1)CC2(C)C)c1ccccc1. The Morgan fingerprint density at radius 3 is 2.56 bits per heavy atom. The first-order valence-corrected chi connectivity index (χ1v) is 18.7. The Hall–Kier alpha value is -2.89. The summed E-state index contributed by atoms with van der Waals surface area (Å²) < 4.78 is 47.0. The fourth-order valence-electron chi connectivity index (χ4n) is 5.46. The molecule has 0 unspecified atom stereocenters. The van der Waals surface area contributed by atoms with Crippen LogP contribution in [-0.2, 0) is 31.7 Å². The zero-order valence-corrected chi connectivity index (χ0v) is 26.6. The molecule has 0 amide bonds. The molecular weight excluding hydrogens is 652 g/mol. The van der Waals surface area contributed by atoms with E-state index >= 15 is 0 Å². The van der Waals surface area contributed by atoms with Crippen LogP contribution in [-0.4, -0.2) is 21.8 Å². The second-order valence-electron chi connectivity index (χ2n) is 11.3. The van der Waals surface area contributed by atoms with Crippen LogP contribution in [0.25, 0.3) is 0 Å². The molecule has 5 rings (SSSR count). The number of alkyl halides is 1. The minimum absolute atomic E-state index is 0.0871. The summed E-state index contributed by atoms with van der Waals surface area (Å²) in [5.41, 5.74) is 2.81. The van der Waals surface area contributed by atoms with E-state index in [2.05, 4.69) is 60.8 Å². The molecule has 41 heavy (non-hydrogen) atoms. The molecule has 0 saturated carbocycles. The van der Waals surface area contributed by atoms with Gasteiger partial charge in [0.25, 0.3) is 0 Å². The monoisotopic (exact) mass is 687 g/mol. The Morgan fingerprint density at radius 2 is 1.88 bits per heavy atom. The van der Waals surface area contributed by atoms with Crippen LogP contribution in [0, 0.1) is 9.39 Å². The molecule has 3 aromatic carbocycles. The Labute approximate surface area is 248 Å². The van der Waals surface area contributed by atoms with Gasteiger partial charge in [-0.25, -0.2) is 0 Å². The molecule has 4 aromatic rings. The minimum atomic E-state index is -3.96. The maximum absolute atomic E-state index is 14.0.